The number of halogens is 3. The van der Waals surface area contributed by atoms with E-state index >= 15 is 0 Å². The van der Waals surface area contributed by atoms with E-state index < -0.39 is 11.6 Å². The Balaban J connectivity index is 2.25. The zero-order chi connectivity index (χ0) is 15.4. The van der Waals surface area contributed by atoms with Crippen molar-refractivity contribution in [1.29, 1.82) is 0 Å². The van der Waals surface area contributed by atoms with Gasteiger partial charge in [-0.15, -0.1) is 0 Å². The molecule has 0 bridgehead atoms. The molecule has 3 N–H and O–H groups in total. The van der Waals surface area contributed by atoms with E-state index in [-0.39, 0.29) is 6.04 Å². The first-order valence-corrected chi connectivity index (χ1v) is 7.07. The van der Waals surface area contributed by atoms with Gasteiger partial charge in [-0.25, -0.2) is 8.78 Å². The molecule has 0 aliphatic rings. The molecule has 2 aromatic rings. The van der Waals surface area contributed by atoms with Crippen molar-refractivity contribution in [2.45, 2.75) is 12.5 Å². The van der Waals surface area contributed by atoms with Crippen LogP contribution in [0.3, 0.4) is 0 Å². The van der Waals surface area contributed by atoms with E-state index in [0.717, 1.165) is 16.1 Å². The van der Waals surface area contributed by atoms with Crippen molar-refractivity contribution >= 4 is 15.9 Å². The van der Waals surface area contributed by atoms with E-state index in [0.29, 0.717) is 17.7 Å². The summed E-state index contributed by atoms with van der Waals surface area (Å²) >= 11 is 3.40. The van der Waals surface area contributed by atoms with Gasteiger partial charge in [0.2, 0.25) is 0 Å². The van der Waals surface area contributed by atoms with Crippen molar-refractivity contribution in [2.75, 3.05) is 7.11 Å². The van der Waals surface area contributed by atoms with E-state index in [1.807, 2.05) is 12.1 Å². The number of hydrogen-bond acceptors (Lipinski definition) is 3. The first-order valence-electron chi connectivity index (χ1n) is 6.28. The molecule has 0 aliphatic carbocycles. The van der Waals surface area contributed by atoms with Crippen molar-refractivity contribution < 1.29 is 13.5 Å². The SMILES string of the molecule is COc1ccc(C(Cc2cc(F)cc(F)c2)NN)cc1Br. The van der Waals surface area contributed by atoms with Crippen LogP contribution in [0.2, 0.25) is 0 Å². The van der Waals surface area contributed by atoms with Crippen molar-refractivity contribution in [1.82, 2.24) is 5.43 Å². The third-order valence-corrected chi connectivity index (χ3v) is 3.76. The highest BCUT2D eigenvalue weighted by Gasteiger charge is 2.14. The van der Waals surface area contributed by atoms with Crippen LogP contribution in [0.5, 0.6) is 5.75 Å². The Morgan fingerprint density at radius 1 is 1.19 bits per heavy atom. The van der Waals surface area contributed by atoms with Gasteiger partial charge in [-0.3, -0.25) is 11.3 Å². The minimum absolute atomic E-state index is 0.270. The van der Waals surface area contributed by atoms with Gasteiger partial charge in [0.05, 0.1) is 17.6 Å². The molecule has 2 aromatic carbocycles. The molecule has 0 saturated carbocycles. The first kappa shape index (κ1) is 15.9. The van der Waals surface area contributed by atoms with Crippen molar-refractivity contribution in [2.24, 2.45) is 5.84 Å². The number of methoxy groups -OCH3 is 1. The van der Waals surface area contributed by atoms with Gasteiger partial charge >= 0.3 is 0 Å². The normalized spacial score (nSPS) is 12.2. The van der Waals surface area contributed by atoms with Crippen molar-refractivity contribution in [3.8, 4) is 5.75 Å². The molecular formula is C15H15BrF2N2O. The minimum atomic E-state index is -0.600. The van der Waals surface area contributed by atoms with E-state index in [2.05, 4.69) is 21.4 Å². The van der Waals surface area contributed by atoms with Gasteiger partial charge in [0.1, 0.15) is 17.4 Å². The van der Waals surface area contributed by atoms with Gasteiger partial charge in [-0.05, 0) is 57.7 Å². The number of nitrogens with one attached hydrogen (secondary N) is 1. The number of rotatable bonds is 5. The fourth-order valence-corrected chi connectivity index (χ4v) is 2.70. The summed E-state index contributed by atoms with van der Waals surface area (Å²) in [5.41, 5.74) is 4.08. The maximum Gasteiger partial charge on any atom is 0.133 e. The second kappa shape index (κ2) is 6.98. The zero-order valence-electron chi connectivity index (χ0n) is 11.4. The fourth-order valence-electron chi connectivity index (χ4n) is 2.14. The highest BCUT2D eigenvalue weighted by atomic mass is 79.9. The highest BCUT2D eigenvalue weighted by molar-refractivity contribution is 9.10. The van der Waals surface area contributed by atoms with Crippen LogP contribution in [0, 0.1) is 11.6 Å². The van der Waals surface area contributed by atoms with Crippen LogP contribution < -0.4 is 16.0 Å². The molecule has 0 aliphatic heterocycles. The molecule has 1 unspecified atom stereocenters. The second-order valence-electron chi connectivity index (χ2n) is 4.60. The van der Waals surface area contributed by atoms with E-state index in [1.54, 1.807) is 13.2 Å². The maximum atomic E-state index is 13.2. The second-order valence-corrected chi connectivity index (χ2v) is 5.45. The van der Waals surface area contributed by atoms with Crippen LogP contribution in [0.1, 0.15) is 17.2 Å². The standard InChI is InChI=1S/C15H15BrF2N2O/c1-21-15-3-2-10(7-13(15)16)14(20-19)6-9-4-11(17)8-12(18)5-9/h2-5,7-8,14,20H,6,19H2,1H3. The topological polar surface area (TPSA) is 47.3 Å². The smallest absolute Gasteiger partial charge is 0.133 e. The Bertz CT molecular complexity index is 617. The summed E-state index contributed by atoms with van der Waals surface area (Å²) in [5, 5.41) is 0. The first-order chi connectivity index (χ1) is 10.0. The lowest BCUT2D eigenvalue weighted by molar-refractivity contribution is 0.411. The Morgan fingerprint density at radius 2 is 1.86 bits per heavy atom. The Kier molecular flexibility index (Phi) is 5.27. The van der Waals surface area contributed by atoms with E-state index in [4.69, 9.17) is 10.6 Å². The summed E-state index contributed by atoms with van der Waals surface area (Å²) in [6, 6.07) is 8.68. The molecule has 0 radical (unpaired) electrons. The van der Waals surface area contributed by atoms with Gasteiger partial charge in [-0.2, -0.15) is 0 Å². The van der Waals surface area contributed by atoms with Crippen LogP contribution in [0.15, 0.2) is 40.9 Å². The summed E-state index contributed by atoms with van der Waals surface area (Å²) in [6.07, 6.45) is 0.365. The Hall–Kier alpha value is -1.50. The molecule has 2 rings (SSSR count). The highest BCUT2D eigenvalue weighted by Crippen LogP contribution is 2.29. The molecule has 0 fully saturated rings. The number of benzene rings is 2. The van der Waals surface area contributed by atoms with Gasteiger partial charge in [0.15, 0.2) is 0 Å². The molecule has 21 heavy (non-hydrogen) atoms. The van der Waals surface area contributed by atoms with Crippen molar-refractivity contribution in [3.63, 3.8) is 0 Å². The molecule has 6 heteroatoms. The van der Waals surface area contributed by atoms with E-state index in [1.165, 1.54) is 12.1 Å². The summed E-state index contributed by atoms with van der Waals surface area (Å²) in [5.74, 6) is 5.07. The third kappa shape index (κ3) is 4.00. The lowest BCUT2D eigenvalue weighted by Crippen LogP contribution is -2.29. The van der Waals surface area contributed by atoms with Crippen LogP contribution in [-0.4, -0.2) is 7.11 Å². The molecular weight excluding hydrogens is 342 g/mol. The molecule has 3 nitrogen and oxygen atoms in total. The van der Waals surface area contributed by atoms with Crippen LogP contribution in [0.4, 0.5) is 8.78 Å². The average molecular weight is 357 g/mol. The fraction of sp³-hybridized carbons (Fsp3) is 0.200. The third-order valence-electron chi connectivity index (χ3n) is 3.14. The van der Waals surface area contributed by atoms with E-state index in [9.17, 15) is 8.78 Å². The Labute approximate surface area is 130 Å². The predicted octanol–water partition coefficient (Wildman–Crippen LogP) is 3.48. The zero-order valence-corrected chi connectivity index (χ0v) is 13.0. The molecule has 0 amide bonds. The van der Waals surface area contributed by atoms with Gasteiger partial charge < -0.3 is 4.74 Å². The average Bonchev–Trinajstić information content (AvgIpc) is 2.43. The quantitative estimate of drug-likeness (QED) is 0.636. The Morgan fingerprint density at radius 3 is 2.38 bits per heavy atom. The maximum absolute atomic E-state index is 13.2. The molecule has 1 atom stereocenters. The molecule has 112 valence electrons. The van der Waals surface area contributed by atoms with Crippen LogP contribution >= 0.6 is 15.9 Å². The summed E-state index contributed by atoms with van der Waals surface area (Å²) in [6.45, 7) is 0. The molecule has 0 aromatic heterocycles. The van der Waals surface area contributed by atoms with Gasteiger partial charge in [-0.1, -0.05) is 6.07 Å². The number of ether oxygens (including phenoxy) is 1. The lowest BCUT2D eigenvalue weighted by atomic mass is 9.99. The summed E-state index contributed by atoms with van der Waals surface area (Å²) in [4.78, 5) is 0. The summed E-state index contributed by atoms with van der Waals surface area (Å²) < 4.78 is 32.4. The summed E-state index contributed by atoms with van der Waals surface area (Å²) in [7, 11) is 1.58. The molecule has 0 saturated heterocycles. The van der Waals surface area contributed by atoms with Crippen molar-refractivity contribution in [3.05, 3.63) is 63.6 Å². The van der Waals surface area contributed by atoms with Gasteiger partial charge in [0, 0.05) is 6.07 Å². The molecule has 0 heterocycles. The predicted molar refractivity (Wildman–Crippen MR) is 80.8 cm³/mol. The number of hydrogen-bond donors (Lipinski definition) is 2. The van der Waals surface area contributed by atoms with Crippen LogP contribution in [-0.2, 0) is 6.42 Å². The minimum Gasteiger partial charge on any atom is -0.496 e. The lowest BCUT2D eigenvalue weighted by Gasteiger charge is -2.17. The number of nitrogens with two attached hydrogens (primary N) is 1. The largest absolute Gasteiger partial charge is 0.496 e. The molecule has 0 spiro atoms. The number of hydrazine groups is 1. The van der Waals surface area contributed by atoms with Crippen LogP contribution in [0.25, 0.3) is 0 Å². The monoisotopic (exact) mass is 356 g/mol. The van der Waals surface area contributed by atoms with Gasteiger partial charge in [0.25, 0.3) is 0 Å².